The fourth-order valence-corrected chi connectivity index (χ4v) is 3.87. The van der Waals surface area contributed by atoms with E-state index in [0.29, 0.717) is 12.5 Å². The van der Waals surface area contributed by atoms with Crippen molar-refractivity contribution in [3.63, 3.8) is 0 Å². The summed E-state index contributed by atoms with van der Waals surface area (Å²) in [6.07, 6.45) is 6.48. The molecule has 8 heteroatoms. The van der Waals surface area contributed by atoms with Crippen LogP contribution in [0.5, 0.6) is 0 Å². The van der Waals surface area contributed by atoms with E-state index >= 15 is 0 Å². The molecule has 5 rings (SSSR count). The van der Waals surface area contributed by atoms with Gasteiger partial charge in [-0.05, 0) is 24.8 Å². The predicted molar refractivity (Wildman–Crippen MR) is 92.5 cm³/mol. The normalized spacial score (nSPS) is 17.1. The number of nitrogens with zero attached hydrogens (tertiary/aromatic N) is 7. The van der Waals surface area contributed by atoms with Gasteiger partial charge in [0.1, 0.15) is 12.1 Å². The van der Waals surface area contributed by atoms with Crippen LogP contribution in [0.3, 0.4) is 0 Å². The first-order valence-electron chi connectivity index (χ1n) is 8.66. The molecule has 0 bridgehead atoms. The van der Waals surface area contributed by atoms with Crippen LogP contribution in [0.1, 0.15) is 17.7 Å². The van der Waals surface area contributed by atoms with Crippen molar-refractivity contribution in [1.29, 1.82) is 0 Å². The summed E-state index contributed by atoms with van der Waals surface area (Å²) in [5.41, 5.74) is 3.10. The van der Waals surface area contributed by atoms with Crippen LogP contribution in [-0.4, -0.2) is 42.6 Å². The molecule has 0 unspecified atom stereocenters. The zero-order valence-corrected chi connectivity index (χ0v) is 14.1. The lowest BCUT2D eigenvalue weighted by Crippen LogP contribution is -2.50. The van der Waals surface area contributed by atoms with Crippen molar-refractivity contribution in [2.75, 3.05) is 18.0 Å². The van der Waals surface area contributed by atoms with Crippen molar-refractivity contribution in [1.82, 2.24) is 29.5 Å². The summed E-state index contributed by atoms with van der Waals surface area (Å²) in [7, 11) is 1.88. The lowest BCUT2D eigenvalue weighted by molar-refractivity contribution is 0.332. The summed E-state index contributed by atoms with van der Waals surface area (Å²) in [5.74, 6) is 1.33. The Labute approximate surface area is 144 Å². The second kappa shape index (κ2) is 5.37. The molecule has 0 spiro atoms. The van der Waals surface area contributed by atoms with E-state index in [4.69, 9.17) is 0 Å². The molecule has 2 aliphatic rings. The van der Waals surface area contributed by atoms with Gasteiger partial charge in [0.2, 0.25) is 0 Å². The molecule has 4 heterocycles. The molecule has 1 aliphatic carbocycles. The van der Waals surface area contributed by atoms with Gasteiger partial charge in [0.25, 0.3) is 5.56 Å². The van der Waals surface area contributed by atoms with Crippen LogP contribution < -0.4 is 10.5 Å². The molecule has 3 aromatic rings. The molecular weight excluding hydrogens is 318 g/mol. The third-order valence-electron chi connectivity index (χ3n) is 5.22. The van der Waals surface area contributed by atoms with E-state index in [1.54, 1.807) is 21.8 Å². The van der Waals surface area contributed by atoms with Crippen LogP contribution in [0.2, 0.25) is 0 Å². The molecule has 1 saturated heterocycles. The topological polar surface area (TPSA) is 81.7 Å². The van der Waals surface area contributed by atoms with Crippen LogP contribution in [0.15, 0.2) is 23.4 Å². The molecule has 0 saturated carbocycles. The summed E-state index contributed by atoms with van der Waals surface area (Å²) in [6.45, 7) is 2.41. The number of anilines is 1. The number of hydrogen-bond donors (Lipinski definition) is 0. The standard InChI is InChI=1S/C17H19N7O/c1-22-16-13(6-20-22)17(19-10-18-16)23-7-11(8-23)9-24-15(25)5-12-3-2-4-14(12)21-24/h5-6,10-11H,2-4,7-9H2,1H3. The van der Waals surface area contributed by atoms with Gasteiger partial charge in [-0.25, -0.2) is 14.6 Å². The molecule has 25 heavy (non-hydrogen) atoms. The number of rotatable bonds is 3. The largest absolute Gasteiger partial charge is 0.355 e. The third kappa shape index (κ3) is 2.32. The van der Waals surface area contributed by atoms with Crippen molar-refractivity contribution in [3.8, 4) is 0 Å². The Morgan fingerprint density at radius 2 is 2.12 bits per heavy atom. The molecule has 3 aromatic heterocycles. The predicted octanol–water partition coefficient (Wildman–Crippen LogP) is 0.545. The van der Waals surface area contributed by atoms with Gasteiger partial charge in [0.05, 0.1) is 23.8 Å². The maximum Gasteiger partial charge on any atom is 0.267 e. The van der Waals surface area contributed by atoms with Gasteiger partial charge in [-0.2, -0.15) is 10.2 Å². The summed E-state index contributed by atoms with van der Waals surface area (Å²) in [6, 6.07) is 1.77. The second-order valence-electron chi connectivity index (χ2n) is 6.96. The zero-order chi connectivity index (χ0) is 17.0. The van der Waals surface area contributed by atoms with Crippen LogP contribution >= 0.6 is 0 Å². The molecule has 128 valence electrons. The maximum atomic E-state index is 12.2. The smallest absolute Gasteiger partial charge is 0.267 e. The van der Waals surface area contributed by atoms with Gasteiger partial charge in [0, 0.05) is 32.1 Å². The molecule has 8 nitrogen and oxygen atoms in total. The number of fused-ring (bicyclic) bond motifs is 2. The molecule has 0 aromatic carbocycles. The fraction of sp³-hybridized carbons (Fsp3) is 0.471. The molecule has 1 aliphatic heterocycles. The minimum atomic E-state index is 0.0239. The lowest BCUT2D eigenvalue weighted by Gasteiger charge is -2.40. The first kappa shape index (κ1) is 14.6. The molecule has 0 radical (unpaired) electrons. The Morgan fingerprint density at radius 3 is 3.00 bits per heavy atom. The quantitative estimate of drug-likeness (QED) is 0.694. The molecule has 1 fully saturated rings. The SMILES string of the molecule is Cn1ncc2c(N3CC(Cn4nc5c(cc4=O)CCC5)C3)ncnc21. The Hall–Kier alpha value is -2.77. The minimum absolute atomic E-state index is 0.0239. The average molecular weight is 337 g/mol. The monoisotopic (exact) mass is 337 g/mol. The molecule has 0 amide bonds. The van der Waals surface area contributed by atoms with E-state index in [1.807, 2.05) is 13.2 Å². The van der Waals surface area contributed by atoms with Gasteiger partial charge >= 0.3 is 0 Å². The Balaban J connectivity index is 1.33. The van der Waals surface area contributed by atoms with E-state index in [2.05, 4.69) is 25.1 Å². The van der Waals surface area contributed by atoms with Crippen molar-refractivity contribution < 1.29 is 0 Å². The van der Waals surface area contributed by atoms with E-state index in [-0.39, 0.29) is 5.56 Å². The van der Waals surface area contributed by atoms with Gasteiger partial charge in [-0.3, -0.25) is 9.48 Å². The number of hydrogen-bond acceptors (Lipinski definition) is 6. The van der Waals surface area contributed by atoms with Crippen LogP contribution in [0, 0.1) is 5.92 Å². The van der Waals surface area contributed by atoms with E-state index in [0.717, 1.165) is 60.5 Å². The number of aryl methyl sites for hydroxylation is 3. The minimum Gasteiger partial charge on any atom is -0.355 e. The highest BCUT2D eigenvalue weighted by Gasteiger charge is 2.30. The van der Waals surface area contributed by atoms with Crippen LogP contribution in [0.4, 0.5) is 5.82 Å². The van der Waals surface area contributed by atoms with E-state index in [9.17, 15) is 4.79 Å². The summed E-state index contributed by atoms with van der Waals surface area (Å²) >= 11 is 0. The molecular formula is C17H19N7O. The summed E-state index contributed by atoms with van der Waals surface area (Å²) in [4.78, 5) is 23.2. The van der Waals surface area contributed by atoms with Gasteiger partial charge in [-0.15, -0.1) is 0 Å². The highest BCUT2D eigenvalue weighted by Crippen LogP contribution is 2.29. The third-order valence-corrected chi connectivity index (χ3v) is 5.22. The van der Waals surface area contributed by atoms with Crippen molar-refractivity contribution in [3.05, 3.63) is 40.2 Å². The second-order valence-corrected chi connectivity index (χ2v) is 6.96. The fourth-order valence-electron chi connectivity index (χ4n) is 3.87. The van der Waals surface area contributed by atoms with Crippen LogP contribution in [0.25, 0.3) is 11.0 Å². The first-order valence-corrected chi connectivity index (χ1v) is 8.66. The highest BCUT2D eigenvalue weighted by atomic mass is 16.1. The van der Waals surface area contributed by atoms with Crippen LogP contribution in [-0.2, 0) is 26.4 Å². The van der Waals surface area contributed by atoms with Gasteiger partial charge in [0.15, 0.2) is 5.65 Å². The summed E-state index contributed by atoms with van der Waals surface area (Å²) < 4.78 is 3.40. The van der Waals surface area contributed by atoms with Crippen molar-refractivity contribution in [2.45, 2.75) is 25.8 Å². The zero-order valence-electron chi connectivity index (χ0n) is 14.1. The van der Waals surface area contributed by atoms with E-state index in [1.165, 1.54) is 0 Å². The highest BCUT2D eigenvalue weighted by molar-refractivity contribution is 5.86. The maximum absolute atomic E-state index is 12.2. The van der Waals surface area contributed by atoms with Crippen molar-refractivity contribution >= 4 is 16.9 Å². The Bertz CT molecular complexity index is 1020. The van der Waals surface area contributed by atoms with E-state index < -0.39 is 0 Å². The Kier molecular flexibility index (Phi) is 3.13. The van der Waals surface area contributed by atoms with Gasteiger partial charge in [-0.1, -0.05) is 0 Å². The van der Waals surface area contributed by atoms with Crippen molar-refractivity contribution in [2.24, 2.45) is 13.0 Å². The first-order chi connectivity index (χ1) is 12.2. The van der Waals surface area contributed by atoms with Gasteiger partial charge < -0.3 is 4.90 Å². The molecule has 0 N–H and O–H groups in total. The lowest BCUT2D eigenvalue weighted by atomic mass is 10.00. The Morgan fingerprint density at radius 1 is 1.24 bits per heavy atom. The summed E-state index contributed by atoms with van der Waals surface area (Å²) in [5, 5.41) is 9.80. The molecule has 0 atom stereocenters. The number of aromatic nitrogens is 6. The average Bonchev–Trinajstić information content (AvgIpc) is 3.17.